The molecule has 6 heteroatoms. The standard InChI is InChI=1S/C23H21BrN2O3/c24-19-8-9-21-18(15-19)16-20(23(28)29-21)22(27)26-13-11-25(12-14-26)10-4-7-17-5-2-1-3-6-17/h1-9,15-16H,10-14H2/b7-4-. The molecule has 1 aliphatic rings. The Morgan fingerprint density at radius 3 is 2.55 bits per heavy atom. The van der Waals surface area contributed by atoms with Gasteiger partial charge >= 0.3 is 5.63 Å². The third-order valence-electron chi connectivity index (χ3n) is 5.06. The maximum atomic E-state index is 12.9. The van der Waals surface area contributed by atoms with Crippen molar-refractivity contribution in [3.8, 4) is 0 Å². The van der Waals surface area contributed by atoms with Gasteiger partial charge in [0.15, 0.2) is 0 Å². The minimum Gasteiger partial charge on any atom is -0.422 e. The summed E-state index contributed by atoms with van der Waals surface area (Å²) in [5.41, 5.74) is 1.16. The molecule has 0 N–H and O–H groups in total. The molecule has 5 nitrogen and oxygen atoms in total. The predicted octanol–water partition coefficient (Wildman–Crippen LogP) is 4.03. The van der Waals surface area contributed by atoms with Crippen molar-refractivity contribution < 1.29 is 9.21 Å². The van der Waals surface area contributed by atoms with Crippen molar-refractivity contribution in [2.24, 2.45) is 0 Å². The van der Waals surface area contributed by atoms with Crippen LogP contribution in [0.2, 0.25) is 0 Å². The molecule has 0 unspecified atom stereocenters. The normalized spacial score (nSPS) is 15.3. The molecule has 148 valence electrons. The second-order valence-corrected chi connectivity index (χ2v) is 7.95. The molecule has 0 aliphatic carbocycles. The maximum Gasteiger partial charge on any atom is 0.349 e. The van der Waals surface area contributed by atoms with Crippen molar-refractivity contribution in [3.05, 3.63) is 86.7 Å². The van der Waals surface area contributed by atoms with Crippen LogP contribution in [0.5, 0.6) is 0 Å². The number of nitrogens with zero attached hydrogens (tertiary/aromatic N) is 2. The molecule has 0 spiro atoms. The first kappa shape index (κ1) is 19.6. The molecule has 4 rings (SSSR count). The Morgan fingerprint density at radius 2 is 1.79 bits per heavy atom. The van der Waals surface area contributed by atoms with E-state index in [2.05, 4.69) is 45.1 Å². The van der Waals surface area contributed by atoms with E-state index in [0.29, 0.717) is 18.7 Å². The van der Waals surface area contributed by atoms with Gasteiger partial charge in [-0.15, -0.1) is 0 Å². The number of hydrogen-bond donors (Lipinski definition) is 0. The van der Waals surface area contributed by atoms with E-state index >= 15 is 0 Å². The molecule has 1 fully saturated rings. The van der Waals surface area contributed by atoms with Crippen LogP contribution in [0.3, 0.4) is 0 Å². The van der Waals surface area contributed by atoms with E-state index in [1.165, 1.54) is 5.56 Å². The van der Waals surface area contributed by atoms with Gasteiger partial charge in [0.2, 0.25) is 0 Å². The minimum absolute atomic E-state index is 0.0908. The van der Waals surface area contributed by atoms with Crippen LogP contribution >= 0.6 is 15.9 Å². The average molecular weight is 453 g/mol. The molecule has 1 saturated heterocycles. The second kappa shape index (κ2) is 8.76. The third kappa shape index (κ3) is 4.66. The lowest BCUT2D eigenvalue weighted by atomic mass is 10.1. The molecular weight excluding hydrogens is 432 g/mol. The molecule has 2 aromatic carbocycles. The van der Waals surface area contributed by atoms with Crippen molar-refractivity contribution in [1.29, 1.82) is 0 Å². The van der Waals surface area contributed by atoms with Gasteiger partial charge in [-0.3, -0.25) is 9.69 Å². The second-order valence-electron chi connectivity index (χ2n) is 7.04. The number of rotatable bonds is 4. The van der Waals surface area contributed by atoms with Crippen LogP contribution in [0.4, 0.5) is 0 Å². The van der Waals surface area contributed by atoms with Gasteiger partial charge in [0.25, 0.3) is 5.91 Å². The Hall–Kier alpha value is -2.70. The molecular formula is C23H21BrN2O3. The summed E-state index contributed by atoms with van der Waals surface area (Å²) < 4.78 is 6.20. The zero-order valence-electron chi connectivity index (χ0n) is 15.9. The predicted molar refractivity (Wildman–Crippen MR) is 118 cm³/mol. The molecule has 0 radical (unpaired) electrons. The van der Waals surface area contributed by atoms with Gasteiger partial charge in [-0.2, -0.15) is 0 Å². The Labute approximate surface area is 177 Å². The highest BCUT2D eigenvalue weighted by atomic mass is 79.9. The number of hydrogen-bond acceptors (Lipinski definition) is 4. The van der Waals surface area contributed by atoms with Crippen LogP contribution in [0, 0.1) is 0 Å². The number of amides is 1. The zero-order chi connectivity index (χ0) is 20.2. The number of piperazine rings is 1. The highest BCUT2D eigenvalue weighted by Gasteiger charge is 2.24. The van der Waals surface area contributed by atoms with Gasteiger partial charge < -0.3 is 9.32 Å². The maximum absolute atomic E-state index is 12.9. The number of carbonyl (C=O) groups excluding carboxylic acids is 1. The molecule has 0 saturated carbocycles. The zero-order valence-corrected chi connectivity index (χ0v) is 17.5. The lowest BCUT2D eigenvalue weighted by Gasteiger charge is -2.34. The summed E-state index contributed by atoms with van der Waals surface area (Å²) in [6, 6.07) is 17.2. The van der Waals surface area contributed by atoms with Crippen LogP contribution in [0.25, 0.3) is 17.0 Å². The van der Waals surface area contributed by atoms with Gasteiger partial charge in [-0.25, -0.2) is 4.79 Å². The van der Waals surface area contributed by atoms with E-state index in [-0.39, 0.29) is 11.5 Å². The van der Waals surface area contributed by atoms with Crippen molar-refractivity contribution in [3.63, 3.8) is 0 Å². The van der Waals surface area contributed by atoms with Gasteiger partial charge in [-0.05, 0) is 29.8 Å². The van der Waals surface area contributed by atoms with Crippen LogP contribution in [0.15, 0.2) is 74.4 Å². The first-order valence-electron chi connectivity index (χ1n) is 9.57. The van der Waals surface area contributed by atoms with Crippen LogP contribution in [-0.2, 0) is 0 Å². The fourth-order valence-corrected chi connectivity index (χ4v) is 3.83. The number of halogens is 1. The van der Waals surface area contributed by atoms with E-state index in [9.17, 15) is 9.59 Å². The van der Waals surface area contributed by atoms with E-state index in [4.69, 9.17) is 4.42 Å². The Morgan fingerprint density at radius 1 is 1.03 bits per heavy atom. The first-order valence-corrected chi connectivity index (χ1v) is 10.4. The summed E-state index contributed by atoms with van der Waals surface area (Å²) in [4.78, 5) is 29.2. The fourth-order valence-electron chi connectivity index (χ4n) is 3.45. The van der Waals surface area contributed by atoms with Crippen molar-refractivity contribution in [2.45, 2.75) is 0 Å². The molecule has 29 heavy (non-hydrogen) atoms. The molecule has 1 aromatic heterocycles. The number of benzene rings is 2. The van der Waals surface area contributed by atoms with Gasteiger partial charge in [0.1, 0.15) is 11.1 Å². The van der Waals surface area contributed by atoms with E-state index in [1.807, 2.05) is 24.3 Å². The van der Waals surface area contributed by atoms with Crippen LogP contribution in [-0.4, -0.2) is 48.4 Å². The van der Waals surface area contributed by atoms with E-state index in [1.54, 1.807) is 23.1 Å². The minimum atomic E-state index is -0.585. The summed E-state index contributed by atoms with van der Waals surface area (Å²) >= 11 is 3.40. The molecule has 2 heterocycles. The Balaban J connectivity index is 1.39. The SMILES string of the molecule is O=C(c1cc2cc(Br)ccc2oc1=O)N1CCN(C/C=C\c2ccccc2)CC1. The van der Waals surface area contributed by atoms with Gasteiger partial charge in [0.05, 0.1) is 0 Å². The summed E-state index contributed by atoms with van der Waals surface area (Å²) in [6.07, 6.45) is 4.25. The van der Waals surface area contributed by atoms with Gasteiger partial charge in [0, 0.05) is 42.6 Å². The van der Waals surface area contributed by atoms with Crippen LogP contribution in [0.1, 0.15) is 15.9 Å². The van der Waals surface area contributed by atoms with E-state index in [0.717, 1.165) is 29.5 Å². The van der Waals surface area contributed by atoms with Crippen LogP contribution < -0.4 is 5.63 Å². The number of carbonyl (C=O) groups is 1. The number of fused-ring (bicyclic) bond motifs is 1. The quantitative estimate of drug-likeness (QED) is 0.560. The molecule has 1 amide bonds. The summed E-state index contributed by atoms with van der Waals surface area (Å²) in [5.74, 6) is -0.264. The molecule has 0 bridgehead atoms. The molecule has 0 atom stereocenters. The lowest BCUT2D eigenvalue weighted by Crippen LogP contribution is -2.49. The molecule has 1 aliphatic heterocycles. The Kier molecular flexibility index (Phi) is 5.92. The first-order chi connectivity index (χ1) is 14.1. The van der Waals surface area contributed by atoms with Crippen molar-refractivity contribution >= 4 is 38.9 Å². The largest absolute Gasteiger partial charge is 0.422 e. The summed E-state index contributed by atoms with van der Waals surface area (Å²) in [7, 11) is 0. The Bertz CT molecular complexity index is 1100. The van der Waals surface area contributed by atoms with Gasteiger partial charge in [-0.1, -0.05) is 58.4 Å². The summed E-state index contributed by atoms with van der Waals surface area (Å²) in [5, 5.41) is 0.729. The third-order valence-corrected chi connectivity index (χ3v) is 5.55. The van der Waals surface area contributed by atoms with Crippen molar-refractivity contribution in [1.82, 2.24) is 9.80 Å². The lowest BCUT2D eigenvalue weighted by molar-refractivity contribution is 0.0646. The summed E-state index contributed by atoms with van der Waals surface area (Å²) in [6.45, 7) is 3.57. The highest BCUT2D eigenvalue weighted by molar-refractivity contribution is 9.10. The highest BCUT2D eigenvalue weighted by Crippen LogP contribution is 2.20. The smallest absolute Gasteiger partial charge is 0.349 e. The topological polar surface area (TPSA) is 53.8 Å². The fraction of sp³-hybridized carbons (Fsp3) is 0.217. The van der Waals surface area contributed by atoms with Crippen molar-refractivity contribution in [2.75, 3.05) is 32.7 Å². The average Bonchev–Trinajstić information content (AvgIpc) is 2.74. The molecule has 3 aromatic rings. The monoisotopic (exact) mass is 452 g/mol. The van der Waals surface area contributed by atoms with E-state index < -0.39 is 5.63 Å².